The Balaban J connectivity index is 2.39. The van der Waals surface area contributed by atoms with E-state index in [-0.39, 0.29) is 0 Å². The van der Waals surface area contributed by atoms with Crippen LogP contribution in [0.2, 0.25) is 0 Å². The Morgan fingerprint density at radius 2 is 2.20 bits per heavy atom. The first-order valence-electron chi connectivity index (χ1n) is 2.92. The zero-order valence-corrected chi connectivity index (χ0v) is 6.02. The second kappa shape index (κ2) is 2.21. The second-order valence-electron chi connectivity index (χ2n) is 2.13. The highest BCUT2D eigenvalue weighted by Gasteiger charge is 2.16. The van der Waals surface area contributed by atoms with Crippen LogP contribution in [-0.4, -0.2) is 4.21 Å². The van der Waals surface area contributed by atoms with E-state index in [1.165, 1.54) is 0 Å². The van der Waals surface area contributed by atoms with Gasteiger partial charge in [-0.25, -0.2) is 4.21 Å². The summed E-state index contributed by atoms with van der Waals surface area (Å²) in [5.41, 5.74) is 2.02. The molecular formula is C6H6O3S. The van der Waals surface area contributed by atoms with Gasteiger partial charge in [0.2, 0.25) is 0 Å². The van der Waals surface area contributed by atoms with Crippen LogP contribution in [0.4, 0.5) is 0 Å². The zero-order chi connectivity index (χ0) is 6.97. The predicted octanol–water partition coefficient (Wildman–Crippen LogP) is 0.974. The molecule has 1 aromatic heterocycles. The smallest absolute Gasteiger partial charge is 0.160 e. The lowest BCUT2D eigenvalue weighted by molar-refractivity contribution is 0.327. The van der Waals surface area contributed by atoms with Gasteiger partial charge in [-0.2, -0.15) is 0 Å². The maximum absolute atomic E-state index is 10.8. The van der Waals surface area contributed by atoms with E-state index < -0.39 is 11.1 Å². The Labute approximate surface area is 60.6 Å². The first-order chi connectivity index (χ1) is 4.86. The Morgan fingerprint density at radius 3 is 3.10 bits per heavy atom. The molecule has 1 unspecified atom stereocenters. The Bertz CT molecular complexity index is 266. The van der Waals surface area contributed by atoms with Crippen molar-refractivity contribution < 1.29 is 12.8 Å². The maximum Gasteiger partial charge on any atom is 0.160 e. The fourth-order valence-corrected chi connectivity index (χ4v) is 1.75. The lowest BCUT2D eigenvalue weighted by atomic mass is 10.2. The van der Waals surface area contributed by atoms with E-state index in [4.69, 9.17) is 8.60 Å². The summed E-state index contributed by atoms with van der Waals surface area (Å²) >= 11 is -1.14. The van der Waals surface area contributed by atoms with Crippen molar-refractivity contribution in [1.29, 1.82) is 0 Å². The van der Waals surface area contributed by atoms with E-state index in [1.54, 1.807) is 12.5 Å². The van der Waals surface area contributed by atoms with Crippen LogP contribution < -0.4 is 0 Å². The first kappa shape index (κ1) is 6.12. The summed E-state index contributed by atoms with van der Waals surface area (Å²) in [4.78, 5) is 0. The molecule has 0 saturated carbocycles. The van der Waals surface area contributed by atoms with Crippen LogP contribution >= 0.6 is 0 Å². The van der Waals surface area contributed by atoms with Crippen molar-refractivity contribution in [2.75, 3.05) is 0 Å². The number of rotatable bonds is 0. The monoisotopic (exact) mass is 158 g/mol. The summed E-state index contributed by atoms with van der Waals surface area (Å²) in [6.07, 6.45) is 3.25. The zero-order valence-electron chi connectivity index (χ0n) is 5.20. The molecule has 0 saturated heterocycles. The molecule has 54 valence electrons. The van der Waals surface area contributed by atoms with Gasteiger partial charge >= 0.3 is 0 Å². The molecule has 0 radical (unpaired) electrons. The molecule has 0 fully saturated rings. The molecule has 1 aromatic rings. The van der Waals surface area contributed by atoms with Crippen molar-refractivity contribution in [2.24, 2.45) is 0 Å². The van der Waals surface area contributed by atoms with Crippen LogP contribution in [-0.2, 0) is 27.6 Å². The van der Waals surface area contributed by atoms with Gasteiger partial charge in [0.15, 0.2) is 11.1 Å². The quantitative estimate of drug-likeness (QED) is 0.564. The van der Waals surface area contributed by atoms with Gasteiger partial charge in [-0.3, -0.25) is 4.18 Å². The van der Waals surface area contributed by atoms with Crippen LogP contribution in [0.15, 0.2) is 16.9 Å². The predicted molar refractivity (Wildman–Crippen MR) is 35.3 cm³/mol. The van der Waals surface area contributed by atoms with E-state index in [1.807, 2.05) is 0 Å². The third-order valence-corrected chi connectivity index (χ3v) is 2.38. The molecule has 0 aliphatic carbocycles. The van der Waals surface area contributed by atoms with Crippen molar-refractivity contribution in [2.45, 2.75) is 12.4 Å². The van der Waals surface area contributed by atoms with Gasteiger partial charge in [0.1, 0.15) is 0 Å². The molecule has 1 aliphatic heterocycles. The molecule has 3 nitrogen and oxygen atoms in total. The molecule has 0 spiro atoms. The average Bonchev–Trinajstić information content (AvgIpc) is 2.33. The van der Waals surface area contributed by atoms with Crippen molar-refractivity contribution in [3.05, 3.63) is 23.7 Å². The minimum atomic E-state index is -1.14. The first-order valence-corrected chi connectivity index (χ1v) is 4.16. The topological polar surface area (TPSA) is 39.4 Å². The lowest BCUT2D eigenvalue weighted by Crippen LogP contribution is -2.08. The molecule has 4 heteroatoms. The van der Waals surface area contributed by atoms with E-state index in [0.29, 0.717) is 12.4 Å². The average molecular weight is 158 g/mol. The van der Waals surface area contributed by atoms with E-state index in [2.05, 4.69) is 0 Å². The summed E-state index contributed by atoms with van der Waals surface area (Å²) in [5.74, 6) is 0.464. The highest BCUT2D eigenvalue weighted by Crippen LogP contribution is 2.19. The normalized spacial score (nSPS) is 24.2. The summed E-state index contributed by atoms with van der Waals surface area (Å²) in [5, 5.41) is 0. The van der Waals surface area contributed by atoms with Crippen LogP contribution in [0.25, 0.3) is 0 Å². The second-order valence-corrected chi connectivity index (χ2v) is 3.26. The van der Waals surface area contributed by atoms with E-state index >= 15 is 0 Å². The number of furan rings is 1. The molecule has 0 amide bonds. The largest absolute Gasteiger partial charge is 0.472 e. The van der Waals surface area contributed by atoms with Crippen LogP contribution in [0.1, 0.15) is 11.1 Å². The van der Waals surface area contributed by atoms with Crippen molar-refractivity contribution in [3.63, 3.8) is 0 Å². The van der Waals surface area contributed by atoms with Crippen molar-refractivity contribution in [3.8, 4) is 0 Å². The fraction of sp³-hybridized carbons (Fsp3) is 0.333. The molecule has 0 N–H and O–H groups in total. The highest BCUT2D eigenvalue weighted by molar-refractivity contribution is 7.79. The highest BCUT2D eigenvalue weighted by atomic mass is 32.2. The van der Waals surface area contributed by atoms with Gasteiger partial charge in [0.25, 0.3) is 0 Å². The minimum absolute atomic E-state index is 0.415. The standard InChI is InChI=1S/C6H6O3S/c7-10-4-6-2-8-1-5(6)3-9-10/h1-2H,3-4H2. The Kier molecular flexibility index (Phi) is 1.35. The molecule has 10 heavy (non-hydrogen) atoms. The molecule has 0 aromatic carbocycles. The van der Waals surface area contributed by atoms with Crippen molar-refractivity contribution >= 4 is 11.1 Å². The summed E-state index contributed by atoms with van der Waals surface area (Å²) in [6.45, 7) is 0.415. The lowest BCUT2D eigenvalue weighted by Gasteiger charge is -2.08. The molecule has 1 atom stereocenters. The molecular weight excluding hydrogens is 152 g/mol. The third kappa shape index (κ3) is 0.892. The van der Waals surface area contributed by atoms with Crippen molar-refractivity contribution in [1.82, 2.24) is 0 Å². The van der Waals surface area contributed by atoms with Gasteiger partial charge in [0, 0.05) is 11.1 Å². The molecule has 0 bridgehead atoms. The Hall–Kier alpha value is -0.610. The van der Waals surface area contributed by atoms with Gasteiger partial charge < -0.3 is 4.42 Å². The number of hydrogen-bond donors (Lipinski definition) is 0. The minimum Gasteiger partial charge on any atom is -0.472 e. The molecule has 1 aliphatic rings. The van der Waals surface area contributed by atoms with Gasteiger partial charge in [-0.1, -0.05) is 0 Å². The van der Waals surface area contributed by atoms with Crippen LogP contribution in [0.3, 0.4) is 0 Å². The number of fused-ring (bicyclic) bond motifs is 1. The van der Waals surface area contributed by atoms with Crippen LogP contribution in [0.5, 0.6) is 0 Å². The summed E-state index contributed by atoms with van der Waals surface area (Å²) < 4.78 is 20.5. The Morgan fingerprint density at radius 1 is 1.40 bits per heavy atom. The van der Waals surface area contributed by atoms with Gasteiger partial charge in [0.05, 0.1) is 24.9 Å². The molecule has 2 rings (SSSR count). The van der Waals surface area contributed by atoms with Gasteiger partial charge in [-0.05, 0) is 0 Å². The fourth-order valence-electron chi connectivity index (χ4n) is 0.901. The SMILES string of the molecule is O=S1Cc2cocc2CO1. The van der Waals surface area contributed by atoms with Gasteiger partial charge in [-0.15, -0.1) is 0 Å². The maximum atomic E-state index is 10.8. The summed E-state index contributed by atoms with van der Waals surface area (Å²) in [6, 6.07) is 0. The third-order valence-electron chi connectivity index (χ3n) is 1.45. The van der Waals surface area contributed by atoms with E-state index in [9.17, 15) is 4.21 Å². The van der Waals surface area contributed by atoms with Crippen LogP contribution in [0, 0.1) is 0 Å². The summed E-state index contributed by atoms with van der Waals surface area (Å²) in [7, 11) is 0. The number of hydrogen-bond acceptors (Lipinski definition) is 3. The van der Waals surface area contributed by atoms with E-state index in [0.717, 1.165) is 11.1 Å². The molecule has 2 heterocycles.